The molecule has 0 aromatic heterocycles. The molecule has 0 fully saturated rings. The van der Waals surface area contributed by atoms with Gasteiger partial charge in [0, 0.05) is 12.8 Å². The Morgan fingerprint density at radius 1 is 0.571 bits per heavy atom. The molecule has 0 aliphatic rings. The Balaban J connectivity index is 3.47. The Labute approximate surface area is 174 Å². The van der Waals surface area contributed by atoms with Crippen molar-refractivity contribution in [1.29, 1.82) is 0 Å². The van der Waals surface area contributed by atoms with E-state index in [-0.39, 0.29) is 24.1 Å². The van der Waals surface area contributed by atoms with Crippen LogP contribution in [0.2, 0.25) is 0 Å². The maximum atomic E-state index is 11.8. The smallest absolute Gasteiger partial charge is 0.306 e. The molecule has 0 aliphatic carbocycles. The van der Waals surface area contributed by atoms with E-state index in [0.717, 1.165) is 64.2 Å². The zero-order valence-electron chi connectivity index (χ0n) is 19.1. The number of esters is 2. The molecule has 4 heteroatoms. The van der Waals surface area contributed by atoms with E-state index in [1.807, 2.05) is 13.8 Å². The van der Waals surface area contributed by atoms with E-state index < -0.39 is 0 Å². The number of unbranched alkanes of at least 4 members (excludes halogenated alkanes) is 9. The molecule has 166 valence electrons. The summed E-state index contributed by atoms with van der Waals surface area (Å²) in [5.41, 5.74) is 0. The molecule has 0 spiro atoms. The van der Waals surface area contributed by atoms with Gasteiger partial charge >= 0.3 is 11.9 Å². The number of carbonyl (C=O) groups is 2. The van der Waals surface area contributed by atoms with Crippen molar-refractivity contribution in [1.82, 2.24) is 0 Å². The van der Waals surface area contributed by atoms with Gasteiger partial charge in [-0.15, -0.1) is 0 Å². The first-order valence-electron chi connectivity index (χ1n) is 11.9. The third-order valence-electron chi connectivity index (χ3n) is 5.11. The standard InChI is InChI=1S/C24H46O4/c1-5-7-13-17-21(3)27-23(25)19-15-11-9-10-12-16-20-24(26)28-22(4)18-14-8-6-2/h21-22H,5-20H2,1-4H3. The first-order valence-corrected chi connectivity index (χ1v) is 11.9. The van der Waals surface area contributed by atoms with E-state index in [9.17, 15) is 9.59 Å². The molecular formula is C24H46O4. The summed E-state index contributed by atoms with van der Waals surface area (Å²) in [4.78, 5) is 23.6. The Kier molecular flexibility index (Phi) is 18.5. The van der Waals surface area contributed by atoms with Gasteiger partial charge in [-0.3, -0.25) is 9.59 Å². The van der Waals surface area contributed by atoms with E-state index in [1.54, 1.807) is 0 Å². The van der Waals surface area contributed by atoms with Crippen LogP contribution in [0.25, 0.3) is 0 Å². The highest BCUT2D eigenvalue weighted by molar-refractivity contribution is 5.69. The van der Waals surface area contributed by atoms with Crippen LogP contribution in [-0.2, 0) is 19.1 Å². The minimum atomic E-state index is -0.0557. The fourth-order valence-electron chi connectivity index (χ4n) is 3.29. The van der Waals surface area contributed by atoms with Crippen LogP contribution in [0.15, 0.2) is 0 Å². The molecule has 28 heavy (non-hydrogen) atoms. The van der Waals surface area contributed by atoms with Gasteiger partial charge in [0.05, 0.1) is 12.2 Å². The van der Waals surface area contributed by atoms with Crippen LogP contribution in [0.1, 0.15) is 130 Å². The molecule has 0 bridgehead atoms. The van der Waals surface area contributed by atoms with Crippen LogP contribution in [0.5, 0.6) is 0 Å². The van der Waals surface area contributed by atoms with Crippen molar-refractivity contribution in [2.45, 2.75) is 143 Å². The summed E-state index contributed by atoms with van der Waals surface area (Å²) < 4.78 is 10.9. The zero-order chi connectivity index (χ0) is 21.0. The van der Waals surface area contributed by atoms with Crippen LogP contribution in [0.4, 0.5) is 0 Å². The van der Waals surface area contributed by atoms with Crippen molar-refractivity contribution in [2.24, 2.45) is 0 Å². The number of hydrogen-bond acceptors (Lipinski definition) is 4. The Hall–Kier alpha value is -1.06. The SMILES string of the molecule is CCCCCC(C)OC(=O)CCCCCCCCC(=O)OC(C)CCCCC. The molecule has 0 heterocycles. The van der Waals surface area contributed by atoms with Crippen LogP contribution in [0.3, 0.4) is 0 Å². The van der Waals surface area contributed by atoms with Gasteiger partial charge in [0.1, 0.15) is 0 Å². The topological polar surface area (TPSA) is 52.6 Å². The van der Waals surface area contributed by atoms with Gasteiger partial charge in [-0.2, -0.15) is 0 Å². The Bertz CT molecular complexity index is 345. The van der Waals surface area contributed by atoms with Crippen molar-refractivity contribution >= 4 is 11.9 Å². The summed E-state index contributed by atoms with van der Waals surface area (Å²) >= 11 is 0. The molecule has 0 N–H and O–H groups in total. The van der Waals surface area contributed by atoms with E-state index >= 15 is 0 Å². The normalized spacial score (nSPS) is 13.1. The average molecular weight is 399 g/mol. The third kappa shape index (κ3) is 18.3. The molecule has 0 radical (unpaired) electrons. The van der Waals surface area contributed by atoms with E-state index in [4.69, 9.17) is 9.47 Å². The van der Waals surface area contributed by atoms with Crippen molar-refractivity contribution in [3.05, 3.63) is 0 Å². The Morgan fingerprint density at radius 2 is 0.929 bits per heavy atom. The fraction of sp³-hybridized carbons (Fsp3) is 0.917. The third-order valence-corrected chi connectivity index (χ3v) is 5.11. The van der Waals surface area contributed by atoms with Crippen molar-refractivity contribution in [3.8, 4) is 0 Å². The van der Waals surface area contributed by atoms with Crippen molar-refractivity contribution < 1.29 is 19.1 Å². The van der Waals surface area contributed by atoms with Gasteiger partial charge in [0.25, 0.3) is 0 Å². The summed E-state index contributed by atoms with van der Waals surface area (Å²) in [5.74, 6) is -0.111. The molecule has 0 aromatic rings. The molecule has 0 rings (SSSR count). The highest BCUT2D eigenvalue weighted by Crippen LogP contribution is 2.13. The maximum absolute atomic E-state index is 11.8. The van der Waals surface area contributed by atoms with Gasteiger partial charge < -0.3 is 9.47 Å². The van der Waals surface area contributed by atoms with Crippen molar-refractivity contribution in [2.75, 3.05) is 0 Å². The lowest BCUT2D eigenvalue weighted by molar-refractivity contribution is -0.149. The second-order valence-corrected chi connectivity index (χ2v) is 8.21. The van der Waals surface area contributed by atoms with Crippen LogP contribution < -0.4 is 0 Å². The molecule has 0 saturated heterocycles. The monoisotopic (exact) mass is 398 g/mol. The van der Waals surface area contributed by atoms with Crippen LogP contribution >= 0.6 is 0 Å². The molecule has 2 unspecified atom stereocenters. The molecule has 2 atom stereocenters. The zero-order valence-corrected chi connectivity index (χ0v) is 19.1. The lowest BCUT2D eigenvalue weighted by atomic mass is 10.1. The van der Waals surface area contributed by atoms with E-state index in [2.05, 4.69) is 13.8 Å². The summed E-state index contributed by atoms with van der Waals surface area (Å²) in [6.45, 7) is 8.34. The fourth-order valence-corrected chi connectivity index (χ4v) is 3.29. The molecule has 0 aromatic carbocycles. The van der Waals surface area contributed by atoms with Gasteiger partial charge in [0.2, 0.25) is 0 Å². The van der Waals surface area contributed by atoms with E-state index in [1.165, 1.54) is 25.7 Å². The van der Waals surface area contributed by atoms with Crippen LogP contribution in [0, 0.1) is 0 Å². The summed E-state index contributed by atoms with van der Waals surface area (Å²) in [5, 5.41) is 0. The predicted octanol–water partition coefficient (Wildman–Crippen LogP) is 7.13. The van der Waals surface area contributed by atoms with Gasteiger partial charge in [-0.1, -0.05) is 65.2 Å². The quantitative estimate of drug-likeness (QED) is 0.171. The van der Waals surface area contributed by atoms with Crippen molar-refractivity contribution in [3.63, 3.8) is 0 Å². The molecule has 0 amide bonds. The minimum Gasteiger partial charge on any atom is -0.463 e. The second-order valence-electron chi connectivity index (χ2n) is 8.21. The first kappa shape index (κ1) is 26.9. The van der Waals surface area contributed by atoms with Gasteiger partial charge in [0.15, 0.2) is 0 Å². The first-order chi connectivity index (χ1) is 13.5. The average Bonchev–Trinajstić information content (AvgIpc) is 2.64. The highest BCUT2D eigenvalue weighted by Gasteiger charge is 2.10. The number of rotatable bonds is 19. The summed E-state index contributed by atoms with van der Waals surface area (Å²) in [6.07, 6.45) is 16.3. The largest absolute Gasteiger partial charge is 0.463 e. The molecule has 4 nitrogen and oxygen atoms in total. The Morgan fingerprint density at radius 3 is 1.29 bits per heavy atom. The predicted molar refractivity (Wildman–Crippen MR) is 116 cm³/mol. The van der Waals surface area contributed by atoms with Gasteiger partial charge in [-0.05, 0) is 52.4 Å². The molecular weight excluding hydrogens is 352 g/mol. The molecule has 0 aliphatic heterocycles. The lowest BCUT2D eigenvalue weighted by Gasteiger charge is -2.13. The summed E-state index contributed by atoms with van der Waals surface area (Å²) in [7, 11) is 0. The number of carbonyl (C=O) groups excluding carboxylic acids is 2. The molecule has 0 saturated carbocycles. The van der Waals surface area contributed by atoms with E-state index in [0.29, 0.717) is 12.8 Å². The maximum Gasteiger partial charge on any atom is 0.306 e. The summed E-state index contributed by atoms with van der Waals surface area (Å²) in [6, 6.07) is 0. The second kappa shape index (κ2) is 19.3. The highest BCUT2D eigenvalue weighted by atomic mass is 16.5. The lowest BCUT2D eigenvalue weighted by Crippen LogP contribution is -2.14. The minimum absolute atomic E-state index is 0.0492. The number of ether oxygens (including phenoxy) is 2. The van der Waals surface area contributed by atoms with Gasteiger partial charge in [-0.25, -0.2) is 0 Å². The van der Waals surface area contributed by atoms with Crippen LogP contribution in [-0.4, -0.2) is 24.1 Å². The number of hydrogen-bond donors (Lipinski definition) is 0.